The molecule has 120 valence electrons. The van der Waals surface area contributed by atoms with Gasteiger partial charge in [0.15, 0.2) is 0 Å². The molecule has 0 radical (unpaired) electrons. The zero-order valence-corrected chi connectivity index (χ0v) is 14.1. The molecule has 0 atom stereocenters. The van der Waals surface area contributed by atoms with Crippen LogP contribution in [-0.2, 0) is 11.3 Å². The number of nitrogens with one attached hydrogen (secondary N) is 1. The van der Waals surface area contributed by atoms with Crippen LogP contribution in [0.2, 0.25) is 0 Å². The molecule has 0 aliphatic heterocycles. The van der Waals surface area contributed by atoms with Crippen LogP contribution in [0.15, 0.2) is 6.07 Å². The highest BCUT2D eigenvalue weighted by Crippen LogP contribution is 2.09. The van der Waals surface area contributed by atoms with Gasteiger partial charge in [-0.1, -0.05) is 20.8 Å². The van der Waals surface area contributed by atoms with Crippen molar-refractivity contribution in [3.63, 3.8) is 0 Å². The monoisotopic (exact) mass is 294 g/mol. The first-order valence-corrected chi connectivity index (χ1v) is 7.84. The Balaban J connectivity index is 2.74. The molecule has 0 aliphatic carbocycles. The molecule has 1 aromatic rings. The molecule has 5 nitrogen and oxygen atoms in total. The zero-order chi connectivity index (χ0) is 15.7. The third-order valence-electron chi connectivity index (χ3n) is 3.06. The highest BCUT2D eigenvalue weighted by molar-refractivity contribution is 5.35. The van der Waals surface area contributed by atoms with Gasteiger partial charge in [0, 0.05) is 38.5 Å². The summed E-state index contributed by atoms with van der Waals surface area (Å²) in [6.07, 6.45) is 1.09. The van der Waals surface area contributed by atoms with Gasteiger partial charge in [-0.05, 0) is 19.3 Å². The number of nitrogens with zero attached hydrogens (tertiary/aromatic N) is 3. The molecular weight excluding hydrogens is 264 g/mol. The molecule has 5 heteroatoms. The van der Waals surface area contributed by atoms with Gasteiger partial charge in [-0.3, -0.25) is 4.90 Å². The second-order valence-electron chi connectivity index (χ2n) is 5.86. The summed E-state index contributed by atoms with van der Waals surface area (Å²) >= 11 is 0. The van der Waals surface area contributed by atoms with Crippen LogP contribution in [0.25, 0.3) is 0 Å². The predicted octanol–water partition coefficient (Wildman–Crippen LogP) is 2.71. The van der Waals surface area contributed by atoms with Crippen LogP contribution in [0, 0.1) is 12.8 Å². The Morgan fingerprint density at radius 1 is 1.33 bits per heavy atom. The van der Waals surface area contributed by atoms with Gasteiger partial charge in [-0.15, -0.1) is 0 Å². The van der Waals surface area contributed by atoms with Crippen LogP contribution in [0.5, 0.6) is 0 Å². The first kappa shape index (κ1) is 17.9. The molecule has 1 aromatic heterocycles. The van der Waals surface area contributed by atoms with Gasteiger partial charge in [0.2, 0.25) is 0 Å². The first-order valence-electron chi connectivity index (χ1n) is 7.84. The predicted molar refractivity (Wildman–Crippen MR) is 87.5 cm³/mol. The van der Waals surface area contributed by atoms with E-state index in [1.165, 1.54) is 0 Å². The van der Waals surface area contributed by atoms with Crippen LogP contribution in [-0.4, -0.2) is 48.2 Å². The summed E-state index contributed by atoms with van der Waals surface area (Å²) in [4.78, 5) is 11.5. The van der Waals surface area contributed by atoms with E-state index in [2.05, 4.69) is 41.0 Å². The average Bonchev–Trinajstić information content (AvgIpc) is 2.41. The van der Waals surface area contributed by atoms with Crippen molar-refractivity contribution in [3.05, 3.63) is 17.6 Å². The minimum Gasteiger partial charge on any atom is -0.383 e. The molecule has 0 saturated heterocycles. The maximum atomic E-state index is 5.20. The number of aryl methyl sites for hydroxylation is 1. The SMILES string of the molecule is CCCNc1cc(C)nc(CN(CCOC)CC(C)C)n1. The molecule has 0 amide bonds. The van der Waals surface area contributed by atoms with Crippen molar-refractivity contribution in [2.45, 2.75) is 40.7 Å². The highest BCUT2D eigenvalue weighted by Gasteiger charge is 2.11. The zero-order valence-electron chi connectivity index (χ0n) is 14.1. The van der Waals surface area contributed by atoms with E-state index in [1.54, 1.807) is 7.11 Å². The molecule has 0 fully saturated rings. The van der Waals surface area contributed by atoms with Gasteiger partial charge in [0.25, 0.3) is 0 Å². The normalized spacial score (nSPS) is 11.4. The third-order valence-corrected chi connectivity index (χ3v) is 3.06. The smallest absolute Gasteiger partial charge is 0.144 e. The van der Waals surface area contributed by atoms with Crippen molar-refractivity contribution >= 4 is 5.82 Å². The van der Waals surface area contributed by atoms with Crippen molar-refractivity contribution in [1.82, 2.24) is 14.9 Å². The largest absolute Gasteiger partial charge is 0.383 e. The van der Waals surface area contributed by atoms with Crippen LogP contribution in [0.1, 0.15) is 38.7 Å². The molecule has 0 bridgehead atoms. The average molecular weight is 294 g/mol. The van der Waals surface area contributed by atoms with Crippen molar-refractivity contribution in [2.24, 2.45) is 5.92 Å². The third kappa shape index (κ3) is 7.39. The Morgan fingerprint density at radius 3 is 2.71 bits per heavy atom. The lowest BCUT2D eigenvalue weighted by Crippen LogP contribution is -2.31. The molecular formula is C16H30N4O. The minimum absolute atomic E-state index is 0.615. The molecule has 1 heterocycles. The van der Waals surface area contributed by atoms with E-state index >= 15 is 0 Å². The molecule has 1 rings (SSSR count). The van der Waals surface area contributed by atoms with Crippen molar-refractivity contribution in [2.75, 3.05) is 38.7 Å². The Morgan fingerprint density at radius 2 is 2.10 bits per heavy atom. The summed E-state index contributed by atoms with van der Waals surface area (Å²) in [5, 5.41) is 3.34. The summed E-state index contributed by atoms with van der Waals surface area (Å²) < 4.78 is 5.20. The van der Waals surface area contributed by atoms with E-state index in [4.69, 9.17) is 4.74 Å². The number of aromatic nitrogens is 2. The molecule has 0 aliphatic rings. The van der Waals surface area contributed by atoms with E-state index in [0.29, 0.717) is 5.92 Å². The maximum Gasteiger partial charge on any atom is 0.144 e. The maximum absolute atomic E-state index is 5.20. The lowest BCUT2D eigenvalue weighted by atomic mass is 10.2. The Hall–Kier alpha value is -1.20. The summed E-state index contributed by atoms with van der Waals surface area (Å²) in [5.41, 5.74) is 1.01. The molecule has 1 N–H and O–H groups in total. The van der Waals surface area contributed by atoms with Crippen LogP contribution < -0.4 is 5.32 Å². The lowest BCUT2D eigenvalue weighted by Gasteiger charge is -2.23. The van der Waals surface area contributed by atoms with E-state index in [1.807, 2.05) is 13.0 Å². The number of ether oxygens (including phenoxy) is 1. The minimum atomic E-state index is 0.615. The van der Waals surface area contributed by atoms with Gasteiger partial charge in [-0.25, -0.2) is 9.97 Å². The fourth-order valence-corrected chi connectivity index (χ4v) is 2.22. The summed E-state index contributed by atoms with van der Waals surface area (Å²) in [6, 6.07) is 2.00. The lowest BCUT2D eigenvalue weighted by molar-refractivity contribution is 0.134. The number of rotatable bonds is 10. The summed E-state index contributed by atoms with van der Waals surface area (Å²) in [5.74, 6) is 2.42. The van der Waals surface area contributed by atoms with Crippen molar-refractivity contribution < 1.29 is 4.74 Å². The van der Waals surface area contributed by atoms with Gasteiger partial charge < -0.3 is 10.1 Å². The second-order valence-corrected chi connectivity index (χ2v) is 5.86. The standard InChI is InChI=1S/C16H30N4O/c1-6-7-17-15-10-14(4)18-16(19-15)12-20(8-9-21-5)11-13(2)3/h10,13H,6-9,11-12H2,1-5H3,(H,17,18,19). The van der Waals surface area contributed by atoms with Gasteiger partial charge in [0.1, 0.15) is 11.6 Å². The van der Waals surface area contributed by atoms with Crippen molar-refractivity contribution in [1.29, 1.82) is 0 Å². The van der Waals surface area contributed by atoms with Crippen LogP contribution in [0.3, 0.4) is 0 Å². The van der Waals surface area contributed by atoms with Gasteiger partial charge in [-0.2, -0.15) is 0 Å². The van der Waals surface area contributed by atoms with E-state index < -0.39 is 0 Å². The molecule has 0 unspecified atom stereocenters. The Bertz CT molecular complexity index is 409. The number of hydrogen-bond acceptors (Lipinski definition) is 5. The Kier molecular flexibility index (Phi) is 8.23. The van der Waals surface area contributed by atoms with E-state index in [-0.39, 0.29) is 0 Å². The molecule has 21 heavy (non-hydrogen) atoms. The van der Waals surface area contributed by atoms with Gasteiger partial charge in [0.05, 0.1) is 13.2 Å². The fraction of sp³-hybridized carbons (Fsp3) is 0.750. The molecule has 0 aromatic carbocycles. The topological polar surface area (TPSA) is 50.3 Å². The quantitative estimate of drug-likeness (QED) is 0.719. The van der Waals surface area contributed by atoms with E-state index in [9.17, 15) is 0 Å². The van der Waals surface area contributed by atoms with Crippen LogP contribution in [0.4, 0.5) is 5.82 Å². The summed E-state index contributed by atoms with van der Waals surface area (Å²) in [6.45, 7) is 13.0. The van der Waals surface area contributed by atoms with E-state index in [0.717, 1.165) is 56.5 Å². The van der Waals surface area contributed by atoms with Gasteiger partial charge >= 0.3 is 0 Å². The number of hydrogen-bond donors (Lipinski definition) is 1. The molecule has 0 spiro atoms. The van der Waals surface area contributed by atoms with Crippen LogP contribution >= 0.6 is 0 Å². The number of methoxy groups -OCH3 is 1. The summed E-state index contributed by atoms with van der Waals surface area (Å²) in [7, 11) is 1.74. The van der Waals surface area contributed by atoms with Crippen molar-refractivity contribution in [3.8, 4) is 0 Å². The second kappa shape index (κ2) is 9.68. The number of anilines is 1. The fourth-order valence-electron chi connectivity index (χ4n) is 2.22. The molecule has 0 saturated carbocycles. The Labute approximate surface area is 129 Å². The highest BCUT2D eigenvalue weighted by atomic mass is 16.5. The first-order chi connectivity index (χ1) is 10.0.